The van der Waals surface area contributed by atoms with Crippen LogP contribution in [0.4, 0.5) is 0 Å². The number of methoxy groups -OCH3 is 1. The maximum Gasteiger partial charge on any atom is 0.122 e. The van der Waals surface area contributed by atoms with Crippen LogP contribution in [0.3, 0.4) is 0 Å². The van der Waals surface area contributed by atoms with Gasteiger partial charge in [0.05, 0.1) is 7.11 Å². The number of hydrogen-bond donors (Lipinski definition) is 0. The fourth-order valence-electron chi connectivity index (χ4n) is 4.28. The molecule has 0 aromatic heterocycles. The van der Waals surface area contributed by atoms with Crippen molar-refractivity contribution in [2.75, 3.05) is 20.2 Å². The molecule has 110 valence electrons. The molecule has 0 bridgehead atoms. The van der Waals surface area contributed by atoms with Crippen LogP contribution in [0.1, 0.15) is 56.6 Å². The molecule has 0 radical (unpaired) electrons. The zero-order valence-electron chi connectivity index (χ0n) is 13.1. The van der Waals surface area contributed by atoms with E-state index in [1.54, 1.807) is 12.7 Å². The molecule has 2 nitrogen and oxygen atoms in total. The summed E-state index contributed by atoms with van der Waals surface area (Å²) in [6, 6.07) is 6.61. The van der Waals surface area contributed by atoms with Crippen molar-refractivity contribution in [1.82, 2.24) is 4.90 Å². The van der Waals surface area contributed by atoms with Crippen molar-refractivity contribution < 1.29 is 4.74 Å². The van der Waals surface area contributed by atoms with Gasteiger partial charge in [-0.05, 0) is 62.4 Å². The zero-order chi connectivity index (χ0) is 14.2. The smallest absolute Gasteiger partial charge is 0.122 e. The maximum atomic E-state index is 5.55. The summed E-state index contributed by atoms with van der Waals surface area (Å²) in [6.07, 6.45) is 6.37. The molecule has 1 aromatic carbocycles. The summed E-state index contributed by atoms with van der Waals surface area (Å²) in [5.41, 5.74) is 3.51. The Labute approximate surface area is 123 Å². The molecule has 0 unspecified atom stereocenters. The van der Waals surface area contributed by atoms with Crippen LogP contribution in [0.25, 0.3) is 0 Å². The molecular formula is C18H27NO. The average molecular weight is 273 g/mol. The molecule has 0 spiro atoms. The number of nitrogens with zero attached hydrogens (tertiary/aromatic N) is 1. The van der Waals surface area contributed by atoms with E-state index in [-0.39, 0.29) is 0 Å². The third-order valence-corrected chi connectivity index (χ3v) is 5.24. The lowest BCUT2D eigenvalue weighted by molar-refractivity contribution is 0.157. The minimum Gasteiger partial charge on any atom is -0.496 e. The molecule has 1 saturated carbocycles. The summed E-state index contributed by atoms with van der Waals surface area (Å²) in [6.45, 7) is 7.11. The van der Waals surface area contributed by atoms with Crippen LogP contribution in [0, 0.1) is 0 Å². The number of ether oxygens (including phenoxy) is 1. The van der Waals surface area contributed by atoms with Crippen LogP contribution in [-0.2, 0) is 6.42 Å². The quantitative estimate of drug-likeness (QED) is 0.777. The van der Waals surface area contributed by atoms with Crippen molar-refractivity contribution in [3.8, 4) is 5.75 Å². The monoisotopic (exact) mass is 273 g/mol. The second-order valence-corrected chi connectivity index (χ2v) is 6.38. The van der Waals surface area contributed by atoms with Gasteiger partial charge in [-0.15, -0.1) is 0 Å². The Morgan fingerprint density at radius 2 is 2.00 bits per heavy atom. The van der Waals surface area contributed by atoms with E-state index in [9.17, 15) is 0 Å². The Morgan fingerprint density at radius 3 is 2.65 bits per heavy atom. The van der Waals surface area contributed by atoms with Gasteiger partial charge >= 0.3 is 0 Å². The predicted octanol–water partition coefficient (Wildman–Crippen LogP) is 3.99. The topological polar surface area (TPSA) is 12.5 Å². The van der Waals surface area contributed by atoms with Gasteiger partial charge in [-0.1, -0.05) is 26.0 Å². The van der Waals surface area contributed by atoms with Crippen LogP contribution >= 0.6 is 0 Å². The molecule has 20 heavy (non-hydrogen) atoms. The molecule has 2 atom stereocenters. The molecule has 0 heterocycles. The van der Waals surface area contributed by atoms with Gasteiger partial charge in [-0.2, -0.15) is 0 Å². The first-order valence-corrected chi connectivity index (χ1v) is 8.17. The molecule has 3 rings (SSSR count). The van der Waals surface area contributed by atoms with Gasteiger partial charge in [0.1, 0.15) is 5.75 Å². The zero-order valence-corrected chi connectivity index (χ0v) is 13.1. The Morgan fingerprint density at radius 1 is 1.25 bits per heavy atom. The number of fused-ring (bicyclic) bond motifs is 3. The van der Waals surface area contributed by atoms with Gasteiger partial charge in [0, 0.05) is 11.5 Å². The fraction of sp³-hybridized carbons (Fsp3) is 0.667. The average Bonchev–Trinajstić information content (AvgIpc) is 3.22. The van der Waals surface area contributed by atoms with Gasteiger partial charge in [-0.25, -0.2) is 0 Å². The summed E-state index contributed by atoms with van der Waals surface area (Å²) >= 11 is 0. The third-order valence-electron chi connectivity index (χ3n) is 5.24. The fourth-order valence-corrected chi connectivity index (χ4v) is 4.28. The van der Waals surface area contributed by atoms with Crippen molar-refractivity contribution in [2.24, 2.45) is 0 Å². The standard InChI is InChI=1S/C18H27NO/c1-4-11-19(12-5-2)18-10-9-15-14(16(18)13-18)7-6-8-17(15)20-3/h6-8,16H,4-5,9-13H2,1-3H3/t16-,18+/m0/s1. The van der Waals surface area contributed by atoms with E-state index in [0.717, 1.165) is 11.7 Å². The van der Waals surface area contributed by atoms with Gasteiger partial charge in [0.25, 0.3) is 0 Å². The van der Waals surface area contributed by atoms with Crippen molar-refractivity contribution in [2.45, 2.75) is 57.4 Å². The molecule has 0 saturated heterocycles. The molecule has 1 fully saturated rings. The maximum absolute atomic E-state index is 5.55. The first-order chi connectivity index (χ1) is 9.76. The van der Waals surface area contributed by atoms with Crippen LogP contribution in [-0.4, -0.2) is 30.6 Å². The SMILES string of the molecule is CCCN(CCC)[C@@]12CCc3c(OC)cccc3[C@@H]1C2. The third kappa shape index (κ3) is 2.05. The normalized spacial score (nSPS) is 27.1. The van der Waals surface area contributed by atoms with E-state index in [2.05, 4.69) is 36.9 Å². The highest BCUT2D eigenvalue weighted by Crippen LogP contribution is 2.62. The second-order valence-electron chi connectivity index (χ2n) is 6.38. The Bertz CT molecular complexity index is 478. The summed E-state index contributed by atoms with van der Waals surface area (Å²) in [7, 11) is 1.80. The number of rotatable bonds is 6. The first-order valence-electron chi connectivity index (χ1n) is 8.17. The predicted molar refractivity (Wildman–Crippen MR) is 83.6 cm³/mol. The summed E-state index contributed by atoms with van der Waals surface area (Å²) < 4.78 is 5.55. The molecule has 1 aromatic rings. The van der Waals surface area contributed by atoms with Gasteiger partial charge in [0.2, 0.25) is 0 Å². The minimum absolute atomic E-state index is 0.478. The van der Waals surface area contributed by atoms with Crippen molar-refractivity contribution in [3.05, 3.63) is 29.3 Å². The molecular weight excluding hydrogens is 246 g/mol. The lowest BCUT2D eigenvalue weighted by atomic mass is 9.86. The largest absolute Gasteiger partial charge is 0.496 e. The Balaban J connectivity index is 1.87. The van der Waals surface area contributed by atoms with E-state index < -0.39 is 0 Å². The highest BCUT2D eigenvalue weighted by atomic mass is 16.5. The number of hydrogen-bond acceptors (Lipinski definition) is 2. The van der Waals surface area contributed by atoms with Crippen molar-refractivity contribution >= 4 is 0 Å². The highest BCUT2D eigenvalue weighted by Gasteiger charge is 2.60. The van der Waals surface area contributed by atoms with Gasteiger partial charge in [-0.3, -0.25) is 4.90 Å². The van der Waals surface area contributed by atoms with E-state index in [1.165, 1.54) is 50.8 Å². The van der Waals surface area contributed by atoms with Gasteiger partial charge in [0.15, 0.2) is 0 Å². The molecule has 2 aliphatic rings. The molecule has 2 heteroatoms. The molecule has 0 amide bonds. The summed E-state index contributed by atoms with van der Waals surface area (Å²) in [5, 5.41) is 0. The van der Waals surface area contributed by atoms with Crippen LogP contribution < -0.4 is 4.74 Å². The second kappa shape index (κ2) is 5.40. The van der Waals surface area contributed by atoms with E-state index in [1.807, 2.05) is 0 Å². The summed E-state index contributed by atoms with van der Waals surface area (Å²) in [4.78, 5) is 2.78. The minimum atomic E-state index is 0.478. The van der Waals surface area contributed by atoms with E-state index >= 15 is 0 Å². The summed E-state index contributed by atoms with van der Waals surface area (Å²) in [5.74, 6) is 1.85. The first kappa shape index (κ1) is 13.9. The Hall–Kier alpha value is -1.02. The van der Waals surface area contributed by atoms with Crippen molar-refractivity contribution in [1.29, 1.82) is 0 Å². The highest BCUT2D eigenvalue weighted by molar-refractivity contribution is 5.50. The lowest BCUT2D eigenvalue weighted by Crippen LogP contribution is -2.41. The van der Waals surface area contributed by atoms with Crippen LogP contribution in [0.2, 0.25) is 0 Å². The molecule has 0 N–H and O–H groups in total. The van der Waals surface area contributed by atoms with Gasteiger partial charge < -0.3 is 4.74 Å². The molecule has 2 aliphatic carbocycles. The van der Waals surface area contributed by atoms with Crippen LogP contribution in [0.5, 0.6) is 5.75 Å². The molecule has 0 aliphatic heterocycles. The van der Waals surface area contributed by atoms with Crippen molar-refractivity contribution in [3.63, 3.8) is 0 Å². The lowest BCUT2D eigenvalue weighted by Gasteiger charge is -2.36. The van der Waals surface area contributed by atoms with E-state index in [0.29, 0.717) is 5.54 Å². The Kier molecular flexibility index (Phi) is 3.76. The number of benzene rings is 1. The van der Waals surface area contributed by atoms with E-state index in [4.69, 9.17) is 4.74 Å². The van der Waals surface area contributed by atoms with Crippen LogP contribution in [0.15, 0.2) is 18.2 Å².